The standard InChI is InChI=1S/C6H8BrNO3/c1-2-8-4-3(7)5(9)11-6(4)10/h6,8,10H,2H2,1H3. The van der Waals surface area contributed by atoms with Crippen molar-refractivity contribution in [2.24, 2.45) is 0 Å². The van der Waals surface area contributed by atoms with Crippen LogP contribution in [0.5, 0.6) is 0 Å². The summed E-state index contributed by atoms with van der Waals surface area (Å²) in [5, 5.41) is 11.9. The monoisotopic (exact) mass is 221 g/mol. The van der Waals surface area contributed by atoms with Gasteiger partial charge in [-0.2, -0.15) is 0 Å². The van der Waals surface area contributed by atoms with Gasteiger partial charge in [0, 0.05) is 6.54 Å². The minimum Gasteiger partial charge on any atom is -0.426 e. The van der Waals surface area contributed by atoms with Gasteiger partial charge in [-0.15, -0.1) is 0 Å². The number of aliphatic hydroxyl groups is 1. The molecule has 5 heteroatoms. The van der Waals surface area contributed by atoms with E-state index in [9.17, 15) is 4.79 Å². The van der Waals surface area contributed by atoms with Gasteiger partial charge in [-0.25, -0.2) is 4.79 Å². The van der Waals surface area contributed by atoms with Crippen LogP contribution in [0.25, 0.3) is 0 Å². The fraction of sp³-hybridized carbons (Fsp3) is 0.500. The van der Waals surface area contributed by atoms with Crippen molar-refractivity contribution in [3.05, 3.63) is 10.2 Å². The van der Waals surface area contributed by atoms with Gasteiger partial charge >= 0.3 is 5.97 Å². The number of aliphatic hydroxyl groups excluding tert-OH is 1. The van der Waals surface area contributed by atoms with Gasteiger partial charge in [-0.1, -0.05) is 0 Å². The van der Waals surface area contributed by atoms with Gasteiger partial charge in [0.1, 0.15) is 10.2 Å². The summed E-state index contributed by atoms with van der Waals surface area (Å²) in [5.74, 6) is -0.534. The van der Waals surface area contributed by atoms with Gasteiger partial charge in [0.15, 0.2) is 0 Å². The number of carbonyl (C=O) groups excluding carboxylic acids is 1. The van der Waals surface area contributed by atoms with Crippen molar-refractivity contribution in [1.29, 1.82) is 0 Å². The molecule has 0 aromatic rings. The van der Waals surface area contributed by atoms with Crippen molar-refractivity contribution in [2.75, 3.05) is 6.54 Å². The molecule has 1 aliphatic rings. The maximum atomic E-state index is 10.7. The second-order valence-electron chi connectivity index (χ2n) is 2.02. The van der Waals surface area contributed by atoms with Crippen molar-refractivity contribution in [2.45, 2.75) is 13.2 Å². The Morgan fingerprint density at radius 3 is 2.82 bits per heavy atom. The average molecular weight is 222 g/mol. The van der Waals surface area contributed by atoms with Crippen LogP contribution in [-0.2, 0) is 9.53 Å². The molecule has 0 spiro atoms. The molecule has 0 radical (unpaired) electrons. The van der Waals surface area contributed by atoms with Crippen molar-refractivity contribution in [3.8, 4) is 0 Å². The SMILES string of the molecule is CCNC1=C(Br)C(=O)OC1O. The molecule has 1 unspecified atom stereocenters. The fourth-order valence-corrected chi connectivity index (χ4v) is 1.22. The molecule has 0 saturated carbocycles. The maximum absolute atomic E-state index is 10.7. The number of cyclic esters (lactones) is 1. The van der Waals surface area contributed by atoms with Crippen molar-refractivity contribution < 1.29 is 14.6 Å². The number of likely N-dealkylation sites (N-methyl/N-ethyl adjacent to an activating group) is 1. The van der Waals surface area contributed by atoms with Gasteiger partial charge < -0.3 is 15.2 Å². The van der Waals surface area contributed by atoms with Crippen molar-refractivity contribution in [3.63, 3.8) is 0 Å². The maximum Gasteiger partial charge on any atom is 0.349 e. The van der Waals surface area contributed by atoms with E-state index in [2.05, 4.69) is 26.0 Å². The zero-order valence-corrected chi connectivity index (χ0v) is 7.51. The first kappa shape index (κ1) is 8.55. The first-order chi connectivity index (χ1) is 5.16. The number of esters is 1. The highest BCUT2D eigenvalue weighted by molar-refractivity contribution is 9.12. The van der Waals surface area contributed by atoms with E-state index in [-0.39, 0.29) is 4.48 Å². The lowest BCUT2D eigenvalue weighted by Crippen LogP contribution is -2.22. The van der Waals surface area contributed by atoms with Crippen LogP contribution in [0.1, 0.15) is 6.92 Å². The Morgan fingerprint density at radius 1 is 1.82 bits per heavy atom. The normalized spacial score (nSPS) is 23.9. The second-order valence-corrected chi connectivity index (χ2v) is 2.81. The lowest BCUT2D eigenvalue weighted by atomic mass is 10.4. The first-order valence-electron chi connectivity index (χ1n) is 3.19. The van der Waals surface area contributed by atoms with Crippen molar-refractivity contribution in [1.82, 2.24) is 5.32 Å². The molecule has 62 valence electrons. The molecule has 0 fully saturated rings. The van der Waals surface area contributed by atoms with Crippen LogP contribution in [0.4, 0.5) is 0 Å². The number of hydrogen-bond donors (Lipinski definition) is 2. The Bertz CT molecular complexity index is 214. The molecule has 0 saturated heterocycles. The Morgan fingerprint density at radius 2 is 2.45 bits per heavy atom. The molecule has 1 aliphatic heterocycles. The third kappa shape index (κ3) is 1.54. The zero-order valence-electron chi connectivity index (χ0n) is 5.93. The summed E-state index contributed by atoms with van der Waals surface area (Å²) in [6.45, 7) is 2.50. The van der Waals surface area contributed by atoms with E-state index in [1.165, 1.54) is 0 Å². The quantitative estimate of drug-likeness (QED) is 0.649. The van der Waals surface area contributed by atoms with Gasteiger partial charge in [0.2, 0.25) is 6.29 Å². The topological polar surface area (TPSA) is 58.6 Å². The second kappa shape index (κ2) is 3.23. The number of ether oxygens (including phenoxy) is 1. The predicted octanol–water partition coefficient (Wildman–Crippen LogP) is 0.0776. The fourth-order valence-electron chi connectivity index (χ4n) is 0.786. The molecule has 2 N–H and O–H groups in total. The predicted molar refractivity (Wildman–Crippen MR) is 41.7 cm³/mol. The summed E-state index contributed by atoms with van der Waals surface area (Å²) < 4.78 is 4.74. The molecule has 0 aliphatic carbocycles. The minimum atomic E-state index is -1.14. The Hall–Kier alpha value is -0.550. The summed E-state index contributed by atoms with van der Waals surface area (Å²) in [6, 6.07) is 0. The summed E-state index contributed by atoms with van der Waals surface area (Å²) in [7, 11) is 0. The molecule has 1 rings (SSSR count). The average Bonchev–Trinajstić information content (AvgIpc) is 2.17. The Labute approximate surface area is 72.4 Å². The number of carbonyl (C=O) groups is 1. The third-order valence-corrected chi connectivity index (χ3v) is 2.00. The van der Waals surface area contributed by atoms with E-state index >= 15 is 0 Å². The van der Waals surface area contributed by atoms with Crippen LogP contribution >= 0.6 is 15.9 Å². The number of hydrogen-bond acceptors (Lipinski definition) is 4. The summed E-state index contributed by atoms with van der Waals surface area (Å²) >= 11 is 2.99. The van der Waals surface area contributed by atoms with Crippen LogP contribution < -0.4 is 5.32 Å². The highest BCUT2D eigenvalue weighted by Gasteiger charge is 2.30. The lowest BCUT2D eigenvalue weighted by Gasteiger charge is -2.07. The summed E-state index contributed by atoms with van der Waals surface area (Å²) in [5.41, 5.74) is 0.400. The van der Waals surface area contributed by atoms with E-state index in [0.717, 1.165) is 0 Å². The van der Waals surface area contributed by atoms with E-state index in [4.69, 9.17) is 5.11 Å². The molecule has 0 bridgehead atoms. The zero-order chi connectivity index (χ0) is 8.43. The van der Waals surface area contributed by atoms with Crippen LogP contribution in [0.15, 0.2) is 10.2 Å². The molecule has 0 amide bonds. The van der Waals surface area contributed by atoms with E-state index in [0.29, 0.717) is 12.2 Å². The highest BCUT2D eigenvalue weighted by Crippen LogP contribution is 2.23. The summed E-state index contributed by atoms with van der Waals surface area (Å²) in [6.07, 6.45) is -1.14. The molecular weight excluding hydrogens is 214 g/mol. The number of halogens is 1. The van der Waals surface area contributed by atoms with Crippen LogP contribution in [-0.4, -0.2) is 23.9 Å². The van der Waals surface area contributed by atoms with Crippen LogP contribution in [0, 0.1) is 0 Å². The molecule has 4 nitrogen and oxygen atoms in total. The molecule has 1 atom stereocenters. The minimum absolute atomic E-state index is 0.270. The van der Waals surface area contributed by atoms with Crippen LogP contribution in [0.2, 0.25) is 0 Å². The first-order valence-corrected chi connectivity index (χ1v) is 3.98. The summed E-state index contributed by atoms with van der Waals surface area (Å²) in [4.78, 5) is 10.7. The third-order valence-electron chi connectivity index (χ3n) is 1.25. The Balaban J connectivity index is 2.79. The lowest BCUT2D eigenvalue weighted by molar-refractivity contribution is -0.151. The number of rotatable bonds is 2. The van der Waals surface area contributed by atoms with Gasteiger partial charge in [-0.3, -0.25) is 0 Å². The van der Waals surface area contributed by atoms with E-state index in [1.54, 1.807) is 0 Å². The molecule has 0 aromatic heterocycles. The van der Waals surface area contributed by atoms with Crippen molar-refractivity contribution >= 4 is 21.9 Å². The van der Waals surface area contributed by atoms with Gasteiger partial charge in [-0.05, 0) is 22.9 Å². The molecule has 0 aromatic carbocycles. The Kier molecular flexibility index (Phi) is 2.51. The van der Waals surface area contributed by atoms with Gasteiger partial charge in [0.25, 0.3) is 0 Å². The van der Waals surface area contributed by atoms with Crippen LogP contribution in [0.3, 0.4) is 0 Å². The highest BCUT2D eigenvalue weighted by atomic mass is 79.9. The largest absolute Gasteiger partial charge is 0.426 e. The smallest absolute Gasteiger partial charge is 0.349 e. The molecule has 11 heavy (non-hydrogen) atoms. The van der Waals surface area contributed by atoms with E-state index < -0.39 is 12.3 Å². The van der Waals surface area contributed by atoms with E-state index in [1.807, 2.05) is 6.92 Å². The van der Waals surface area contributed by atoms with Gasteiger partial charge in [0.05, 0.1) is 0 Å². The molecular formula is C6H8BrNO3. The molecule has 1 heterocycles. The number of nitrogens with one attached hydrogen (secondary N) is 1.